The van der Waals surface area contributed by atoms with E-state index in [1.807, 2.05) is 48.5 Å². The number of hydrazine groups is 1. The Bertz CT molecular complexity index is 2550. The van der Waals surface area contributed by atoms with E-state index >= 15 is 4.79 Å². The number of phenolic OH excluding ortho intramolecular Hbond substituents is 1. The molecule has 2 saturated heterocycles. The second-order valence-corrected chi connectivity index (χ2v) is 15.7. The number of carbonyl (C=O) groups is 4. The van der Waals surface area contributed by atoms with E-state index in [1.165, 1.54) is 4.90 Å². The van der Waals surface area contributed by atoms with Crippen molar-refractivity contribution < 1.29 is 37.5 Å². The van der Waals surface area contributed by atoms with E-state index in [1.54, 1.807) is 48.5 Å². The molecule has 4 amide bonds. The molecule has 2 aliphatic heterocycles. The molecule has 0 bridgehead atoms. The molecule has 9 nitrogen and oxygen atoms in total. The first-order chi connectivity index (χ1) is 27.3. The van der Waals surface area contributed by atoms with Crippen molar-refractivity contribution in [3.05, 3.63) is 147 Å². The van der Waals surface area contributed by atoms with Crippen LogP contribution < -0.4 is 5.43 Å². The van der Waals surface area contributed by atoms with E-state index in [2.05, 4.69) is 10.4 Å². The summed E-state index contributed by atoms with van der Waals surface area (Å²) in [7, 11) is 0. The van der Waals surface area contributed by atoms with Crippen molar-refractivity contribution in [3.63, 3.8) is 0 Å². The predicted molar refractivity (Wildman–Crippen MR) is 204 cm³/mol. The van der Waals surface area contributed by atoms with Crippen LogP contribution >= 0.6 is 23.2 Å². The SMILES string of the molecule is O=C1C2CC=C3C(CC4C(=O)N(Nc5ncc(C(F)(F)F)cc5Cl)C(=O)C4(c4ccc(Cl)cc4)C3c3ccc4ccccc4c3O)C2C(=O)N1Cc1ccccc1. The van der Waals surface area contributed by atoms with Gasteiger partial charge < -0.3 is 5.11 Å². The number of likely N-dealkylation sites (tertiary alicyclic amines) is 1. The molecule has 0 radical (unpaired) electrons. The van der Waals surface area contributed by atoms with Crippen LogP contribution in [-0.4, -0.2) is 43.6 Å². The summed E-state index contributed by atoms with van der Waals surface area (Å²) in [6.45, 7) is 0.0661. The summed E-state index contributed by atoms with van der Waals surface area (Å²) in [6.07, 6.45) is -2.21. The van der Waals surface area contributed by atoms with Gasteiger partial charge in [0.05, 0.1) is 40.3 Å². The first-order valence-corrected chi connectivity index (χ1v) is 19.0. The standard InChI is InChI=1S/C43H31Cl2F3N4O5/c44-26-13-11-24(12-14-26)42-32(39(55)52(41(42)57)50-37-33(45)18-25(20-49-37)43(46,47)48)19-31-28(35(42)30-15-10-23-8-4-5-9-27(23)36(30)53)16-17-29-34(31)40(56)51(38(29)54)21-22-6-2-1-3-7-22/h1-16,18,20,29,31-32,34-35,53H,17,19,21H2,(H,49,50). The fraction of sp³-hybridized carbons (Fsp3) is 0.233. The highest BCUT2D eigenvalue weighted by Gasteiger charge is 2.70. The topological polar surface area (TPSA) is 120 Å². The number of rotatable bonds is 6. The number of imide groups is 2. The van der Waals surface area contributed by atoms with Gasteiger partial charge in [0, 0.05) is 28.1 Å². The molecule has 4 aromatic carbocycles. The van der Waals surface area contributed by atoms with Crippen molar-refractivity contribution in [2.45, 2.75) is 36.9 Å². The van der Waals surface area contributed by atoms with E-state index in [-0.39, 0.29) is 36.9 Å². The number of benzene rings is 4. The molecule has 57 heavy (non-hydrogen) atoms. The summed E-state index contributed by atoms with van der Waals surface area (Å²) in [6, 6.07) is 26.9. The number of phenols is 1. The minimum absolute atomic E-state index is 0.0460. The lowest BCUT2D eigenvalue weighted by atomic mass is 9.49. The average molecular weight is 812 g/mol. The summed E-state index contributed by atoms with van der Waals surface area (Å²) in [5, 5.41) is 14.0. The van der Waals surface area contributed by atoms with Gasteiger partial charge >= 0.3 is 6.18 Å². The molecule has 1 aromatic heterocycles. The Labute approximate surface area is 333 Å². The van der Waals surface area contributed by atoms with Crippen LogP contribution in [0.2, 0.25) is 10.0 Å². The Kier molecular flexibility index (Phi) is 8.71. The second kappa shape index (κ2) is 13.5. The van der Waals surface area contributed by atoms with Crippen molar-refractivity contribution in [1.82, 2.24) is 14.9 Å². The number of allylic oxidation sites excluding steroid dienone is 2. The van der Waals surface area contributed by atoms with E-state index in [9.17, 15) is 32.7 Å². The molecule has 6 unspecified atom stereocenters. The Hall–Kier alpha value is -5.72. The molecule has 1 saturated carbocycles. The average Bonchev–Trinajstić information content (AvgIpc) is 3.56. The number of alkyl halides is 3. The molecule has 4 aliphatic rings. The van der Waals surface area contributed by atoms with Crippen molar-refractivity contribution in [2.75, 3.05) is 5.43 Å². The van der Waals surface area contributed by atoms with Crippen molar-refractivity contribution in [3.8, 4) is 5.75 Å². The van der Waals surface area contributed by atoms with Crippen LogP contribution in [0.25, 0.3) is 10.8 Å². The lowest BCUT2D eigenvalue weighted by Crippen LogP contribution is -2.53. The number of pyridine rings is 1. The summed E-state index contributed by atoms with van der Waals surface area (Å²) >= 11 is 12.7. The Morgan fingerprint density at radius 3 is 2.30 bits per heavy atom. The third-order valence-corrected chi connectivity index (χ3v) is 12.6. The number of hydrogen-bond donors (Lipinski definition) is 2. The number of anilines is 1. The van der Waals surface area contributed by atoms with E-state index in [0.717, 1.165) is 10.6 Å². The van der Waals surface area contributed by atoms with Gasteiger partial charge in [-0.25, -0.2) is 4.98 Å². The maximum absolute atomic E-state index is 15.5. The molecule has 2 aliphatic carbocycles. The largest absolute Gasteiger partial charge is 0.507 e. The molecule has 3 heterocycles. The minimum atomic E-state index is -4.76. The van der Waals surface area contributed by atoms with Gasteiger partial charge in [0.15, 0.2) is 5.82 Å². The molecule has 3 fully saturated rings. The van der Waals surface area contributed by atoms with Gasteiger partial charge in [0.25, 0.3) is 11.8 Å². The summed E-state index contributed by atoms with van der Waals surface area (Å²) in [5.74, 6) is -7.35. The van der Waals surface area contributed by atoms with E-state index in [0.29, 0.717) is 44.8 Å². The molecule has 14 heteroatoms. The number of nitrogens with one attached hydrogen (secondary N) is 1. The number of hydrogen-bond acceptors (Lipinski definition) is 7. The summed E-state index contributed by atoms with van der Waals surface area (Å²) in [5.41, 5.74) is 1.79. The normalized spacial score (nSPS) is 25.7. The van der Waals surface area contributed by atoms with Gasteiger partial charge in [0.1, 0.15) is 5.75 Å². The van der Waals surface area contributed by atoms with Gasteiger partial charge in [-0.15, -0.1) is 0 Å². The lowest BCUT2D eigenvalue weighted by molar-refractivity contribution is -0.142. The minimum Gasteiger partial charge on any atom is -0.507 e. The second-order valence-electron chi connectivity index (χ2n) is 14.9. The van der Waals surface area contributed by atoms with Crippen molar-refractivity contribution in [2.24, 2.45) is 23.7 Å². The molecule has 0 spiro atoms. The third-order valence-electron chi connectivity index (χ3n) is 12.1. The zero-order valence-corrected chi connectivity index (χ0v) is 31.2. The molecular weight excluding hydrogens is 780 g/mol. The highest BCUT2D eigenvalue weighted by Crippen LogP contribution is 2.65. The smallest absolute Gasteiger partial charge is 0.417 e. The van der Waals surface area contributed by atoms with Crippen molar-refractivity contribution in [1.29, 1.82) is 0 Å². The van der Waals surface area contributed by atoms with Gasteiger partial charge in [-0.1, -0.05) is 114 Å². The molecular formula is C43H31Cl2F3N4O5. The monoisotopic (exact) mass is 810 g/mol. The van der Waals surface area contributed by atoms with E-state index < -0.39 is 69.5 Å². The third kappa shape index (κ3) is 5.63. The number of nitrogens with zero attached hydrogens (tertiary/aromatic N) is 3. The quantitative estimate of drug-likeness (QED) is 0.131. The molecule has 288 valence electrons. The van der Waals surface area contributed by atoms with Crippen LogP contribution in [0.4, 0.5) is 19.0 Å². The molecule has 6 atom stereocenters. The predicted octanol–water partition coefficient (Wildman–Crippen LogP) is 8.45. The highest BCUT2D eigenvalue weighted by atomic mass is 35.5. The van der Waals surface area contributed by atoms with Crippen LogP contribution in [0.5, 0.6) is 5.75 Å². The highest BCUT2D eigenvalue weighted by molar-refractivity contribution is 6.33. The van der Waals surface area contributed by atoms with Crippen LogP contribution in [-0.2, 0) is 37.3 Å². The number of halogens is 5. The van der Waals surface area contributed by atoms with Gasteiger partial charge in [-0.3, -0.25) is 29.5 Å². The number of aromatic nitrogens is 1. The number of amides is 4. The lowest BCUT2D eigenvalue weighted by Gasteiger charge is -2.50. The zero-order valence-electron chi connectivity index (χ0n) is 29.7. The van der Waals surface area contributed by atoms with Gasteiger partial charge in [-0.2, -0.15) is 18.2 Å². The van der Waals surface area contributed by atoms with Crippen LogP contribution in [0.15, 0.2) is 115 Å². The fourth-order valence-electron chi connectivity index (χ4n) is 9.62. The number of aromatic hydroxyl groups is 1. The molecule has 2 N–H and O–H groups in total. The van der Waals surface area contributed by atoms with Gasteiger partial charge in [-0.05, 0) is 53.5 Å². The Morgan fingerprint density at radius 2 is 1.58 bits per heavy atom. The first kappa shape index (κ1) is 36.9. The summed E-state index contributed by atoms with van der Waals surface area (Å²) in [4.78, 5) is 64.0. The number of carbonyl (C=O) groups excluding carboxylic acids is 4. The molecule has 9 rings (SSSR count). The van der Waals surface area contributed by atoms with Crippen LogP contribution in [0, 0.1) is 23.7 Å². The van der Waals surface area contributed by atoms with Gasteiger partial charge in [0.2, 0.25) is 11.8 Å². The first-order valence-electron chi connectivity index (χ1n) is 18.2. The fourth-order valence-corrected chi connectivity index (χ4v) is 9.95. The molecule has 5 aromatic rings. The van der Waals surface area contributed by atoms with Crippen LogP contribution in [0.3, 0.4) is 0 Å². The Morgan fingerprint density at radius 1 is 0.860 bits per heavy atom. The summed E-state index contributed by atoms with van der Waals surface area (Å²) < 4.78 is 40.6. The van der Waals surface area contributed by atoms with E-state index in [4.69, 9.17) is 23.2 Å². The van der Waals surface area contributed by atoms with Crippen molar-refractivity contribution >= 4 is 63.4 Å². The zero-order chi connectivity index (χ0) is 40.0. The maximum atomic E-state index is 15.5. The maximum Gasteiger partial charge on any atom is 0.417 e. The Balaban J connectivity index is 1.24. The van der Waals surface area contributed by atoms with Crippen LogP contribution in [0.1, 0.15) is 41.0 Å². The number of fused-ring (bicyclic) bond motifs is 5.